The van der Waals surface area contributed by atoms with Gasteiger partial charge in [0.1, 0.15) is 5.82 Å². The molecule has 142 valence electrons. The van der Waals surface area contributed by atoms with Crippen molar-refractivity contribution in [2.24, 2.45) is 5.92 Å². The van der Waals surface area contributed by atoms with Crippen LogP contribution in [0.2, 0.25) is 0 Å². The molecule has 0 amide bonds. The standard InChI is InChI=1S/C20H26N6O/c1-13-4-6-15(7-5-13)19-16(8-21-24-19)9-26-10-17(12-27-3)18(11-26)20-22-14(2)23-25-20/h4-8,17-18H,9-12H2,1-3H3,(H,21,24)(H,22,23,25)/t17-,18+/m0/s1. The summed E-state index contributed by atoms with van der Waals surface area (Å²) in [4.78, 5) is 7.01. The third-order valence-corrected chi connectivity index (χ3v) is 5.30. The number of nitrogens with one attached hydrogen (secondary N) is 2. The molecule has 0 bridgehead atoms. The van der Waals surface area contributed by atoms with E-state index in [0.717, 1.165) is 37.0 Å². The van der Waals surface area contributed by atoms with E-state index in [2.05, 4.69) is 61.5 Å². The molecule has 7 heteroatoms. The lowest BCUT2D eigenvalue weighted by Gasteiger charge is -2.15. The highest BCUT2D eigenvalue weighted by molar-refractivity contribution is 5.62. The highest BCUT2D eigenvalue weighted by Gasteiger charge is 2.36. The molecule has 0 spiro atoms. The molecular weight excluding hydrogens is 340 g/mol. The summed E-state index contributed by atoms with van der Waals surface area (Å²) < 4.78 is 5.46. The van der Waals surface area contributed by atoms with Crippen molar-refractivity contribution in [2.45, 2.75) is 26.3 Å². The van der Waals surface area contributed by atoms with Crippen LogP contribution in [0.5, 0.6) is 0 Å². The summed E-state index contributed by atoms with van der Waals surface area (Å²) in [5.74, 6) is 2.42. The lowest BCUT2D eigenvalue weighted by Crippen LogP contribution is -2.21. The van der Waals surface area contributed by atoms with Gasteiger partial charge < -0.3 is 4.74 Å². The van der Waals surface area contributed by atoms with E-state index in [1.54, 1.807) is 7.11 Å². The maximum Gasteiger partial charge on any atom is 0.155 e. The Morgan fingerprint density at radius 2 is 1.96 bits per heavy atom. The number of H-pyrrole nitrogens is 2. The summed E-state index contributed by atoms with van der Waals surface area (Å²) in [5.41, 5.74) is 4.73. The van der Waals surface area contributed by atoms with Crippen LogP contribution in [0.1, 0.15) is 28.7 Å². The molecule has 2 atom stereocenters. The first-order chi connectivity index (χ1) is 13.1. The molecule has 4 rings (SSSR count). The van der Waals surface area contributed by atoms with E-state index in [4.69, 9.17) is 4.74 Å². The second-order valence-electron chi connectivity index (χ2n) is 7.43. The zero-order valence-electron chi connectivity index (χ0n) is 16.1. The fourth-order valence-corrected chi connectivity index (χ4v) is 3.93. The van der Waals surface area contributed by atoms with Gasteiger partial charge in [0.25, 0.3) is 0 Å². The number of benzene rings is 1. The van der Waals surface area contributed by atoms with Gasteiger partial charge in [-0.2, -0.15) is 10.2 Å². The zero-order chi connectivity index (χ0) is 18.8. The first-order valence-electron chi connectivity index (χ1n) is 9.33. The number of ether oxygens (including phenoxy) is 1. The topological polar surface area (TPSA) is 82.7 Å². The van der Waals surface area contributed by atoms with Gasteiger partial charge in [-0.1, -0.05) is 29.8 Å². The molecule has 1 aliphatic rings. The molecule has 2 aromatic heterocycles. The average Bonchev–Trinajstić information content (AvgIpc) is 3.37. The second kappa shape index (κ2) is 7.62. The lowest BCUT2D eigenvalue weighted by atomic mass is 9.96. The van der Waals surface area contributed by atoms with E-state index in [1.807, 2.05) is 13.1 Å². The van der Waals surface area contributed by atoms with Crippen molar-refractivity contribution in [1.29, 1.82) is 0 Å². The summed E-state index contributed by atoms with van der Waals surface area (Å²) in [7, 11) is 1.76. The Bertz CT molecular complexity index is 884. The zero-order valence-corrected chi connectivity index (χ0v) is 16.1. The Labute approximate surface area is 159 Å². The number of aryl methyl sites for hydroxylation is 2. The van der Waals surface area contributed by atoms with Crippen LogP contribution in [0.15, 0.2) is 30.5 Å². The van der Waals surface area contributed by atoms with E-state index < -0.39 is 0 Å². The van der Waals surface area contributed by atoms with Gasteiger partial charge in [-0.05, 0) is 19.4 Å². The minimum Gasteiger partial charge on any atom is -0.384 e. The first-order valence-corrected chi connectivity index (χ1v) is 9.33. The Kier molecular flexibility index (Phi) is 5.05. The molecule has 1 saturated heterocycles. The molecule has 1 aromatic carbocycles. The number of rotatable bonds is 6. The van der Waals surface area contributed by atoms with Crippen molar-refractivity contribution in [1.82, 2.24) is 30.3 Å². The van der Waals surface area contributed by atoms with E-state index >= 15 is 0 Å². The van der Waals surface area contributed by atoms with Crippen molar-refractivity contribution < 1.29 is 4.74 Å². The molecular formula is C20H26N6O. The van der Waals surface area contributed by atoms with Crippen LogP contribution in [0.4, 0.5) is 0 Å². The van der Waals surface area contributed by atoms with Crippen LogP contribution in [0.3, 0.4) is 0 Å². The Morgan fingerprint density at radius 1 is 1.15 bits per heavy atom. The van der Waals surface area contributed by atoms with E-state index in [1.165, 1.54) is 16.7 Å². The van der Waals surface area contributed by atoms with Crippen molar-refractivity contribution in [3.8, 4) is 11.3 Å². The first kappa shape index (κ1) is 17.9. The van der Waals surface area contributed by atoms with Crippen LogP contribution >= 0.6 is 0 Å². The van der Waals surface area contributed by atoms with Crippen molar-refractivity contribution in [3.63, 3.8) is 0 Å². The molecule has 3 heterocycles. The van der Waals surface area contributed by atoms with Crippen LogP contribution in [0, 0.1) is 19.8 Å². The van der Waals surface area contributed by atoms with Crippen LogP contribution in [-0.2, 0) is 11.3 Å². The van der Waals surface area contributed by atoms with Crippen LogP contribution < -0.4 is 0 Å². The molecule has 0 radical (unpaired) electrons. The van der Waals surface area contributed by atoms with E-state index in [0.29, 0.717) is 12.5 Å². The second-order valence-corrected chi connectivity index (χ2v) is 7.43. The van der Waals surface area contributed by atoms with Gasteiger partial charge in [-0.3, -0.25) is 15.1 Å². The van der Waals surface area contributed by atoms with Gasteiger partial charge in [0.2, 0.25) is 0 Å². The third kappa shape index (κ3) is 3.79. The molecule has 3 aromatic rings. The molecule has 0 aliphatic carbocycles. The average molecular weight is 366 g/mol. The monoisotopic (exact) mass is 366 g/mol. The number of hydrogen-bond donors (Lipinski definition) is 2. The van der Waals surface area contributed by atoms with Gasteiger partial charge in [0, 0.05) is 44.1 Å². The van der Waals surface area contributed by atoms with Gasteiger partial charge in [-0.25, -0.2) is 4.98 Å². The molecule has 27 heavy (non-hydrogen) atoms. The molecule has 1 fully saturated rings. The van der Waals surface area contributed by atoms with Crippen LogP contribution in [0.25, 0.3) is 11.3 Å². The predicted molar refractivity (Wildman–Crippen MR) is 103 cm³/mol. The van der Waals surface area contributed by atoms with Gasteiger partial charge >= 0.3 is 0 Å². The Morgan fingerprint density at radius 3 is 2.67 bits per heavy atom. The smallest absolute Gasteiger partial charge is 0.155 e. The number of hydrogen-bond acceptors (Lipinski definition) is 5. The maximum atomic E-state index is 5.46. The number of methoxy groups -OCH3 is 1. The van der Waals surface area contributed by atoms with Crippen molar-refractivity contribution in [3.05, 3.63) is 53.2 Å². The Balaban J connectivity index is 1.52. The number of nitrogens with zero attached hydrogens (tertiary/aromatic N) is 4. The summed E-state index contributed by atoms with van der Waals surface area (Å²) in [6, 6.07) is 8.55. The normalized spacial score (nSPS) is 20.4. The highest BCUT2D eigenvalue weighted by atomic mass is 16.5. The Hall–Kier alpha value is -2.51. The fraction of sp³-hybridized carbons (Fsp3) is 0.450. The van der Waals surface area contributed by atoms with Crippen LogP contribution in [-0.4, -0.2) is 57.1 Å². The largest absolute Gasteiger partial charge is 0.384 e. The van der Waals surface area contributed by atoms with Crippen molar-refractivity contribution in [2.75, 3.05) is 26.8 Å². The maximum absolute atomic E-state index is 5.46. The lowest BCUT2D eigenvalue weighted by molar-refractivity contribution is 0.146. The molecule has 1 aliphatic heterocycles. The minimum atomic E-state index is 0.282. The summed E-state index contributed by atoms with van der Waals surface area (Å²) in [5, 5.41) is 14.8. The summed E-state index contributed by atoms with van der Waals surface area (Å²) in [6.45, 7) is 7.48. The molecule has 7 nitrogen and oxygen atoms in total. The van der Waals surface area contributed by atoms with Gasteiger partial charge in [0.15, 0.2) is 5.82 Å². The number of aromatic amines is 2. The number of likely N-dealkylation sites (tertiary alicyclic amines) is 1. The van der Waals surface area contributed by atoms with E-state index in [-0.39, 0.29) is 5.92 Å². The summed E-state index contributed by atoms with van der Waals surface area (Å²) in [6.07, 6.45) is 1.94. The SMILES string of the molecule is COC[C@@H]1CN(Cc2cn[nH]c2-c2ccc(C)cc2)C[C@H]1c1n[nH]c(C)n1. The molecule has 0 unspecified atom stereocenters. The fourth-order valence-electron chi connectivity index (χ4n) is 3.93. The quantitative estimate of drug-likeness (QED) is 0.701. The van der Waals surface area contributed by atoms with Crippen molar-refractivity contribution >= 4 is 0 Å². The van der Waals surface area contributed by atoms with Gasteiger partial charge in [0.05, 0.1) is 18.5 Å². The highest BCUT2D eigenvalue weighted by Crippen LogP contribution is 2.33. The summed E-state index contributed by atoms with van der Waals surface area (Å²) >= 11 is 0. The molecule has 0 saturated carbocycles. The van der Waals surface area contributed by atoms with E-state index in [9.17, 15) is 0 Å². The molecule has 2 N–H and O–H groups in total. The predicted octanol–water partition coefficient (Wildman–Crippen LogP) is 2.67. The number of aromatic nitrogens is 5. The van der Waals surface area contributed by atoms with Gasteiger partial charge in [-0.15, -0.1) is 0 Å². The third-order valence-electron chi connectivity index (χ3n) is 5.30. The minimum absolute atomic E-state index is 0.282.